The number of anilines is 1. The third-order valence-electron chi connectivity index (χ3n) is 4.34. The van der Waals surface area contributed by atoms with Crippen molar-refractivity contribution in [1.29, 1.82) is 0 Å². The molecule has 1 N–H and O–H groups in total. The van der Waals surface area contributed by atoms with Gasteiger partial charge in [-0.05, 0) is 43.2 Å². The molecule has 1 aliphatic rings. The number of alkyl halides is 3. The van der Waals surface area contributed by atoms with Gasteiger partial charge in [0.05, 0.1) is 22.3 Å². The molecule has 0 saturated carbocycles. The number of nitro groups is 1. The van der Waals surface area contributed by atoms with Gasteiger partial charge in [0.1, 0.15) is 12.4 Å². The molecule has 3 rings (SSSR count). The fourth-order valence-electron chi connectivity index (χ4n) is 2.82. The highest BCUT2D eigenvalue weighted by Gasteiger charge is 2.31. The van der Waals surface area contributed by atoms with E-state index in [0.717, 1.165) is 43.2 Å². The summed E-state index contributed by atoms with van der Waals surface area (Å²) in [5.74, 6) is -0.648. The fourth-order valence-corrected chi connectivity index (χ4v) is 2.82. The van der Waals surface area contributed by atoms with Gasteiger partial charge in [-0.2, -0.15) is 13.2 Å². The molecule has 0 aromatic heterocycles. The number of non-ortho nitro benzene ring substituents is 1. The number of nitrogens with zero attached hydrogens (tertiary/aromatic N) is 1. The zero-order valence-electron chi connectivity index (χ0n) is 15.1. The van der Waals surface area contributed by atoms with Crippen LogP contribution in [-0.4, -0.2) is 30.1 Å². The predicted octanol–water partition coefficient (Wildman–Crippen LogP) is 4.42. The number of nitro benzene ring substituents is 1. The van der Waals surface area contributed by atoms with Crippen LogP contribution in [0.1, 0.15) is 28.8 Å². The van der Waals surface area contributed by atoms with E-state index in [2.05, 4.69) is 5.32 Å². The molecule has 154 valence electrons. The lowest BCUT2D eigenvalue weighted by Gasteiger charge is -2.17. The molecule has 7 nitrogen and oxygen atoms in total. The molecule has 0 unspecified atom stereocenters. The number of halogens is 3. The van der Waals surface area contributed by atoms with Gasteiger partial charge in [0.2, 0.25) is 0 Å². The number of amides is 1. The fraction of sp³-hybridized carbons (Fsp3) is 0.316. The molecule has 1 saturated heterocycles. The number of hydrogen-bond acceptors (Lipinski definition) is 5. The number of nitrogens with one attached hydrogen (secondary N) is 1. The van der Waals surface area contributed by atoms with Gasteiger partial charge in [0, 0.05) is 24.3 Å². The average Bonchev–Trinajstić information content (AvgIpc) is 3.20. The summed E-state index contributed by atoms with van der Waals surface area (Å²) >= 11 is 0. The number of carbonyl (C=O) groups is 1. The largest absolute Gasteiger partial charge is 0.489 e. The Kier molecular flexibility index (Phi) is 6.02. The molecule has 1 aliphatic heterocycles. The van der Waals surface area contributed by atoms with Crippen molar-refractivity contribution in [3.05, 3.63) is 63.7 Å². The SMILES string of the molecule is O=C(Nc1cc(C(F)(F)F)ccc1OC[C@H]1CCCO1)c1ccc([N+](=O)[O-])cc1. The van der Waals surface area contributed by atoms with E-state index in [-0.39, 0.29) is 35.4 Å². The maximum atomic E-state index is 13.1. The van der Waals surface area contributed by atoms with Crippen LogP contribution in [0.2, 0.25) is 0 Å². The van der Waals surface area contributed by atoms with Crippen molar-refractivity contribution >= 4 is 17.3 Å². The van der Waals surface area contributed by atoms with Crippen LogP contribution in [0.15, 0.2) is 42.5 Å². The molecule has 2 aromatic rings. The maximum Gasteiger partial charge on any atom is 0.416 e. The molecule has 1 fully saturated rings. The second-order valence-electron chi connectivity index (χ2n) is 6.41. The molecular weight excluding hydrogens is 393 g/mol. The summed E-state index contributed by atoms with van der Waals surface area (Å²) in [6.07, 6.45) is -3.09. The molecule has 0 spiro atoms. The van der Waals surface area contributed by atoms with Crippen LogP contribution in [0.3, 0.4) is 0 Å². The van der Waals surface area contributed by atoms with Crippen LogP contribution in [0.5, 0.6) is 5.75 Å². The highest BCUT2D eigenvalue weighted by molar-refractivity contribution is 6.05. The summed E-state index contributed by atoms with van der Waals surface area (Å²) in [5, 5.41) is 13.1. The number of benzene rings is 2. The minimum atomic E-state index is -4.60. The molecule has 29 heavy (non-hydrogen) atoms. The van der Waals surface area contributed by atoms with Gasteiger partial charge in [-0.25, -0.2) is 0 Å². The van der Waals surface area contributed by atoms with E-state index >= 15 is 0 Å². The summed E-state index contributed by atoms with van der Waals surface area (Å²) in [4.78, 5) is 22.5. The zero-order valence-corrected chi connectivity index (χ0v) is 15.1. The van der Waals surface area contributed by atoms with Crippen molar-refractivity contribution in [2.45, 2.75) is 25.1 Å². The van der Waals surface area contributed by atoms with Gasteiger partial charge in [0.25, 0.3) is 11.6 Å². The Morgan fingerprint density at radius 3 is 2.55 bits per heavy atom. The summed E-state index contributed by atoms with van der Waals surface area (Å²) in [6, 6.07) is 7.50. The summed E-state index contributed by atoms with van der Waals surface area (Å²) in [6.45, 7) is 0.747. The second-order valence-corrected chi connectivity index (χ2v) is 6.41. The van der Waals surface area contributed by atoms with Crippen LogP contribution < -0.4 is 10.1 Å². The molecule has 0 bridgehead atoms. The van der Waals surface area contributed by atoms with Crippen LogP contribution in [0.4, 0.5) is 24.5 Å². The summed E-state index contributed by atoms with van der Waals surface area (Å²) < 4.78 is 50.2. The Morgan fingerprint density at radius 1 is 1.24 bits per heavy atom. The Balaban J connectivity index is 1.81. The standard InChI is InChI=1S/C19H17F3N2O5/c20-19(21,22)13-5-8-17(29-11-15-2-1-9-28-15)16(10-13)23-18(25)12-3-6-14(7-4-12)24(26)27/h3-8,10,15H,1-2,9,11H2,(H,23,25)/t15-/m1/s1. The van der Waals surface area contributed by atoms with Crippen molar-refractivity contribution in [3.8, 4) is 5.75 Å². The molecule has 0 radical (unpaired) electrons. The van der Waals surface area contributed by atoms with E-state index < -0.39 is 22.6 Å². The van der Waals surface area contributed by atoms with Gasteiger partial charge in [0.15, 0.2) is 0 Å². The lowest BCUT2D eigenvalue weighted by Crippen LogP contribution is -2.18. The monoisotopic (exact) mass is 410 g/mol. The number of carbonyl (C=O) groups excluding carboxylic acids is 1. The highest BCUT2D eigenvalue weighted by Crippen LogP contribution is 2.35. The minimum absolute atomic E-state index is 0.0538. The number of hydrogen-bond donors (Lipinski definition) is 1. The first-order valence-corrected chi connectivity index (χ1v) is 8.75. The Labute approximate surface area is 163 Å². The lowest BCUT2D eigenvalue weighted by atomic mass is 10.1. The van der Waals surface area contributed by atoms with Crippen molar-refractivity contribution in [1.82, 2.24) is 0 Å². The first-order chi connectivity index (χ1) is 13.7. The first kappa shape index (κ1) is 20.6. The minimum Gasteiger partial charge on any atom is -0.489 e. The van der Waals surface area contributed by atoms with Crippen molar-refractivity contribution in [2.24, 2.45) is 0 Å². The second kappa shape index (κ2) is 8.48. The average molecular weight is 410 g/mol. The van der Waals surface area contributed by atoms with Gasteiger partial charge in [-0.1, -0.05) is 0 Å². The quantitative estimate of drug-likeness (QED) is 0.562. The molecule has 1 atom stereocenters. The normalized spacial score (nSPS) is 16.4. The summed E-state index contributed by atoms with van der Waals surface area (Å²) in [5.41, 5.74) is -1.25. The first-order valence-electron chi connectivity index (χ1n) is 8.75. The Morgan fingerprint density at radius 2 is 1.97 bits per heavy atom. The summed E-state index contributed by atoms with van der Waals surface area (Å²) in [7, 11) is 0. The Hall–Kier alpha value is -3.14. The van der Waals surface area contributed by atoms with E-state index in [1.807, 2.05) is 0 Å². The van der Waals surface area contributed by atoms with Gasteiger partial charge >= 0.3 is 6.18 Å². The van der Waals surface area contributed by atoms with Crippen LogP contribution in [0.25, 0.3) is 0 Å². The highest BCUT2D eigenvalue weighted by atomic mass is 19.4. The number of ether oxygens (including phenoxy) is 2. The topological polar surface area (TPSA) is 90.7 Å². The smallest absolute Gasteiger partial charge is 0.416 e. The van der Waals surface area contributed by atoms with Crippen LogP contribution in [-0.2, 0) is 10.9 Å². The van der Waals surface area contributed by atoms with Crippen molar-refractivity contribution < 1.29 is 32.4 Å². The predicted molar refractivity (Wildman–Crippen MR) is 97.0 cm³/mol. The van der Waals surface area contributed by atoms with E-state index in [9.17, 15) is 28.1 Å². The third kappa shape index (κ3) is 5.23. The molecule has 10 heteroatoms. The Bertz CT molecular complexity index is 894. The lowest BCUT2D eigenvalue weighted by molar-refractivity contribution is -0.384. The van der Waals surface area contributed by atoms with Crippen LogP contribution >= 0.6 is 0 Å². The van der Waals surface area contributed by atoms with E-state index in [0.29, 0.717) is 6.61 Å². The molecule has 0 aliphatic carbocycles. The number of rotatable bonds is 6. The van der Waals surface area contributed by atoms with E-state index in [4.69, 9.17) is 9.47 Å². The van der Waals surface area contributed by atoms with E-state index in [1.165, 1.54) is 12.1 Å². The molecular formula is C19H17F3N2O5. The molecule has 1 amide bonds. The van der Waals surface area contributed by atoms with Crippen LogP contribution in [0, 0.1) is 10.1 Å². The van der Waals surface area contributed by atoms with Crippen molar-refractivity contribution in [3.63, 3.8) is 0 Å². The van der Waals surface area contributed by atoms with Gasteiger partial charge < -0.3 is 14.8 Å². The van der Waals surface area contributed by atoms with E-state index in [1.54, 1.807) is 0 Å². The molecule has 2 aromatic carbocycles. The van der Waals surface area contributed by atoms with Gasteiger partial charge in [-0.15, -0.1) is 0 Å². The van der Waals surface area contributed by atoms with Gasteiger partial charge in [-0.3, -0.25) is 14.9 Å². The van der Waals surface area contributed by atoms with Crippen molar-refractivity contribution in [2.75, 3.05) is 18.5 Å². The zero-order chi connectivity index (χ0) is 21.0. The third-order valence-corrected chi connectivity index (χ3v) is 4.34. The maximum absolute atomic E-state index is 13.1. The molecule has 1 heterocycles.